The SMILES string of the molecule is CC(C)C[C@@H]1NC(=O)[C@@H]2CCCN2C1=O. The average Bonchev–Trinajstić information content (AvgIpc) is 2.61. The Labute approximate surface area is 90.0 Å². The monoisotopic (exact) mass is 210 g/mol. The first-order valence-corrected chi connectivity index (χ1v) is 5.70. The van der Waals surface area contributed by atoms with E-state index in [1.54, 1.807) is 4.90 Å². The molecule has 2 amide bonds. The van der Waals surface area contributed by atoms with Crippen LogP contribution in [-0.4, -0.2) is 35.3 Å². The Morgan fingerprint density at radius 3 is 2.87 bits per heavy atom. The fourth-order valence-electron chi connectivity index (χ4n) is 2.46. The van der Waals surface area contributed by atoms with E-state index >= 15 is 0 Å². The molecule has 0 saturated carbocycles. The van der Waals surface area contributed by atoms with Gasteiger partial charge in [-0.1, -0.05) is 13.8 Å². The van der Waals surface area contributed by atoms with E-state index in [9.17, 15) is 9.59 Å². The van der Waals surface area contributed by atoms with E-state index in [1.807, 2.05) is 0 Å². The summed E-state index contributed by atoms with van der Waals surface area (Å²) in [5.41, 5.74) is 0. The lowest BCUT2D eigenvalue weighted by molar-refractivity contribution is -0.147. The molecule has 2 saturated heterocycles. The lowest BCUT2D eigenvalue weighted by Gasteiger charge is -2.35. The van der Waals surface area contributed by atoms with Gasteiger partial charge in [-0.3, -0.25) is 9.59 Å². The zero-order valence-electron chi connectivity index (χ0n) is 9.32. The zero-order chi connectivity index (χ0) is 11.0. The van der Waals surface area contributed by atoms with Crippen molar-refractivity contribution in [2.75, 3.05) is 6.54 Å². The Balaban J connectivity index is 2.10. The van der Waals surface area contributed by atoms with Crippen molar-refractivity contribution in [1.82, 2.24) is 10.2 Å². The summed E-state index contributed by atoms with van der Waals surface area (Å²) < 4.78 is 0. The van der Waals surface area contributed by atoms with Crippen molar-refractivity contribution in [3.63, 3.8) is 0 Å². The molecule has 0 aromatic rings. The third-order valence-corrected chi connectivity index (χ3v) is 3.16. The summed E-state index contributed by atoms with van der Waals surface area (Å²) in [4.78, 5) is 25.5. The van der Waals surface area contributed by atoms with E-state index in [1.165, 1.54) is 0 Å². The summed E-state index contributed by atoms with van der Waals surface area (Å²) in [5.74, 6) is 0.585. The summed E-state index contributed by atoms with van der Waals surface area (Å²) in [7, 11) is 0. The molecule has 0 spiro atoms. The van der Waals surface area contributed by atoms with E-state index < -0.39 is 0 Å². The van der Waals surface area contributed by atoms with Crippen LogP contribution in [0, 0.1) is 5.92 Å². The van der Waals surface area contributed by atoms with Crippen molar-refractivity contribution in [3.05, 3.63) is 0 Å². The van der Waals surface area contributed by atoms with Crippen molar-refractivity contribution in [2.45, 2.75) is 45.2 Å². The molecule has 2 rings (SSSR count). The molecule has 0 bridgehead atoms. The normalized spacial score (nSPS) is 30.7. The maximum absolute atomic E-state index is 12.0. The van der Waals surface area contributed by atoms with Crippen LogP contribution in [0.3, 0.4) is 0 Å². The fourth-order valence-corrected chi connectivity index (χ4v) is 2.46. The van der Waals surface area contributed by atoms with Crippen molar-refractivity contribution >= 4 is 11.8 Å². The Morgan fingerprint density at radius 1 is 1.47 bits per heavy atom. The number of amides is 2. The maximum Gasteiger partial charge on any atom is 0.245 e. The number of nitrogens with zero attached hydrogens (tertiary/aromatic N) is 1. The third-order valence-electron chi connectivity index (χ3n) is 3.16. The highest BCUT2D eigenvalue weighted by Gasteiger charge is 2.42. The van der Waals surface area contributed by atoms with Gasteiger partial charge < -0.3 is 10.2 Å². The molecule has 0 unspecified atom stereocenters. The van der Waals surface area contributed by atoms with Gasteiger partial charge in [-0.2, -0.15) is 0 Å². The highest BCUT2D eigenvalue weighted by atomic mass is 16.2. The standard InChI is InChI=1S/C11H18N2O2/c1-7(2)6-8-11(15)13-5-3-4-9(13)10(14)12-8/h7-9H,3-6H2,1-2H3,(H,12,14)/t8-,9-/m0/s1. The van der Waals surface area contributed by atoms with Crippen LogP contribution in [0.2, 0.25) is 0 Å². The van der Waals surface area contributed by atoms with Gasteiger partial charge in [0, 0.05) is 6.54 Å². The van der Waals surface area contributed by atoms with Gasteiger partial charge in [-0.25, -0.2) is 0 Å². The van der Waals surface area contributed by atoms with Gasteiger partial charge in [-0.05, 0) is 25.2 Å². The second-order valence-electron chi connectivity index (χ2n) is 4.88. The topological polar surface area (TPSA) is 49.4 Å². The second kappa shape index (κ2) is 3.83. The molecule has 0 radical (unpaired) electrons. The minimum atomic E-state index is -0.285. The molecule has 2 fully saturated rings. The molecular weight excluding hydrogens is 192 g/mol. The van der Waals surface area contributed by atoms with Gasteiger partial charge in [0.15, 0.2) is 0 Å². The highest BCUT2D eigenvalue weighted by molar-refractivity contribution is 5.97. The number of piperazine rings is 1. The number of carbonyl (C=O) groups excluding carboxylic acids is 2. The van der Waals surface area contributed by atoms with Crippen LogP contribution >= 0.6 is 0 Å². The highest BCUT2D eigenvalue weighted by Crippen LogP contribution is 2.23. The number of carbonyl (C=O) groups is 2. The summed E-state index contributed by atoms with van der Waals surface area (Å²) >= 11 is 0. The molecule has 2 aliphatic heterocycles. The molecule has 2 heterocycles. The first kappa shape index (κ1) is 10.5. The van der Waals surface area contributed by atoms with Gasteiger partial charge in [0.25, 0.3) is 0 Å². The molecule has 0 aromatic heterocycles. The second-order valence-corrected chi connectivity index (χ2v) is 4.88. The summed E-state index contributed by atoms with van der Waals surface area (Å²) in [6.45, 7) is 4.89. The molecule has 84 valence electrons. The van der Waals surface area contributed by atoms with Crippen LogP contribution in [0.15, 0.2) is 0 Å². The van der Waals surface area contributed by atoms with Gasteiger partial charge in [-0.15, -0.1) is 0 Å². The molecule has 2 atom stereocenters. The molecular formula is C11H18N2O2. The lowest BCUT2D eigenvalue weighted by atomic mass is 9.99. The fraction of sp³-hybridized carbons (Fsp3) is 0.818. The average molecular weight is 210 g/mol. The van der Waals surface area contributed by atoms with Crippen LogP contribution in [0.5, 0.6) is 0 Å². The third kappa shape index (κ3) is 1.85. The lowest BCUT2D eigenvalue weighted by Crippen LogP contribution is -2.61. The van der Waals surface area contributed by atoms with Gasteiger partial charge in [0.2, 0.25) is 11.8 Å². The Morgan fingerprint density at radius 2 is 2.20 bits per heavy atom. The van der Waals surface area contributed by atoms with E-state index in [4.69, 9.17) is 0 Å². The minimum absolute atomic E-state index is 0.0396. The molecule has 15 heavy (non-hydrogen) atoms. The Kier molecular flexibility index (Phi) is 2.67. The van der Waals surface area contributed by atoms with Gasteiger partial charge in [0.1, 0.15) is 12.1 Å². The van der Waals surface area contributed by atoms with Crippen LogP contribution < -0.4 is 5.32 Å². The molecule has 0 aromatic carbocycles. The van der Waals surface area contributed by atoms with E-state index in [2.05, 4.69) is 19.2 Å². The summed E-state index contributed by atoms with van der Waals surface area (Å²) in [5, 5.41) is 2.84. The van der Waals surface area contributed by atoms with Crippen LogP contribution in [0.1, 0.15) is 33.1 Å². The van der Waals surface area contributed by atoms with Crippen LogP contribution in [0.25, 0.3) is 0 Å². The Bertz CT molecular complexity index is 288. The number of rotatable bonds is 2. The predicted octanol–water partition coefficient (Wildman–Crippen LogP) is 0.522. The Hall–Kier alpha value is -1.06. The van der Waals surface area contributed by atoms with Gasteiger partial charge in [0.05, 0.1) is 0 Å². The number of nitrogens with one attached hydrogen (secondary N) is 1. The van der Waals surface area contributed by atoms with Crippen molar-refractivity contribution in [3.8, 4) is 0 Å². The quantitative estimate of drug-likeness (QED) is 0.722. The molecule has 4 heteroatoms. The van der Waals surface area contributed by atoms with Crippen LogP contribution in [-0.2, 0) is 9.59 Å². The smallest absolute Gasteiger partial charge is 0.245 e. The first-order valence-electron chi connectivity index (χ1n) is 5.70. The van der Waals surface area contributed by atoms with Crippen molar-refractivity contribution in [2.24, 2.45) is 5.92 Å². The number of fused-ring (bicyclic) bond motifs is 1. The largest absolute Gasteiger partial charge is 0.342 e. The molecule has 2 aliphatic rings. The molecule has 4 nitrogen and oxygen atoms in total. The zero-order valence-corrected chi connectivity index (χ0v) is 9.32. The summed E-state index contributed by atoms with van der Waals surface area (Å²) in [6, 6.07) is -0.465. The predicted molar refractivity (Wildman–Crippen MR) is 56.1 cm³/mol. The van der Waals surface area contributed by atoms with Crippen LogP contribution in [0.4, 0.5) is 0 Å². The van der Waals surface area contributed by atoms with E-state index in [0.29, 0.717) is 5.92 Å². The molecule has 0 aliphatic carbocycles. The first-order chi connectivity index (χ1) is 7.09. The summed E-state index contributed by atoms with van der Waals surface area (Å²) in [6.07, 6.45) is 2.53. The van der Waals surface area contributed by atoms with Crippen molar-refractivity contribution in [1.29, 1.82) is 0 Å². The van der Waals surface area contributed by atoms with Crippen molar-refractivity contribution < 1.29 is 9.59 Å². The van der Waals surface area contributed by atoms with E-state index in [-0.39, 0.29) is 23.9 Å². The number of hydrogen-bond acceptors (Lipinski definition) is 2. The minimum Gasteiger partial charge on any atom is -0.342 e. The maximum atomic E-state index is 12.0. The van der Waals surface area contributed by atoms with E-state index in [0.717, 1.165) is 25.8 Å². The number of hydrogen-bond donors (Lipinski definition) is 1. The molecule has 1 N–H and O–H groups in total. The van der Waals surface area contributed by atoms with Gasteiger partial charge >= 0.3 is 0 Å².